The first-order valence-electron chi connectivity index (χ1n) is 3.16. The van der Waals surface area contributed by atoms with Gasteiger partial charge in [-0.2, -0.15) is 0 Å². The summed E-state index contributed by atoms with van der Waals surface area (Å²) in [6, 6.07) is 0. The van der Waals surface area contributed by atoms with Gasteiger partial charge in [0.1, 0.15) is 0 Å². The Kier molecular flexibility index (Phi) is 6.84. The summed E-state index contributed by atoms with van der Waals surface area (Å²) in [7, 11) is -0.511. The average molecular weight is 194 g/mol. The van der Waals surface area contributed by atoms with E-state index < -0.39 is 7.44 Å². The van der Waals surface area contributed by atoms with E-state index in [2.05, 4.69) is 13.8 Å². The van der Waals surface area contributed by atoms with Crippen molar-refractivity contribution in [1.29, 1.82) is 0 Å². The van der Waals surface area contributed by atoms with E-state index in [1.807, 2.05) is 0 Å². The van der Waals surface area contributed by atoms with Gasteiger partial charge in [0.05, 0.1) is 0 Å². The summed E-state index contributed by atoms with van der Waals surface area (Å²) < 4.78 is 5.08. The van der Waals surface area contributed by atoms with Crippen molar-refractivity contribution in [2.75, 3.05) is 6.61 Å². The van der Waals surface area contributed by atoms with Crippen LogP contribution in [0.2, 0.25) is 0 Å². The molecule has 0 unspecified atom stereocenters. The first-order chi connectivity index (χ1) is 4.63. The van der Waals surface area contributed by atoms with Crippen LogP contribution >= 0.6 is 0 Å². The minimum absolute atomic E-state index is 0.511. The Morgan fingerprint density at radius 1 is 1.50 bits per heavy atom. The van der Waals surface area contributed by atoms with E-state index in [1.54, 1.807) is 6.36 Å². The van der Waals surface area contributed by atoms with Gasteiger partial charge in [0.2, 0.25) is 0 Å². The molecule has 0 saturated carbocycles. The third-order valence-corrected chi connectivity index (χ3v) is 1.72. The Balaban J connectivity index is 3.31. The summed E-state index contributed by atoms with van der Waals surface area (Å²) in [5.74, 6) is 0.686. The van der Waals surface area contributed by atoms with Crippen molar-refractivity contribution >= 4 is 36.2 Å². The molecule has 0 aromatic carbocycles. The second kappa shape index (κ2) is 6.40. The molecule has 0 heterocycles. The molecular weight excluding hydrogens is 183 g/mol. The molecule has 0 aliphatic carbocycles. The Morgan fingerprint density at radius 2 is 2.10 bits per heavy atom. The second-order valence-corrected chi connectivity index (χ2v) is 5.91. The van der Waals surface area contributed by atoms with Crippen LogP contribution in [-0.4, -0.2) is 13.0 Å². The molecule has 0 aliphatic rings. The van der Waals surface area contributed by atoms with E-state index in [-0.39, 0.29) is 0 Å². The summed E-state index contributed by atoms with van der Waals surface area (Å²) in [6.07, 6.45) is 2.63. The van der Waals surface area contributed by atoms with Gasteiger partial charge >= 0.3 is 73.6 Å². The molecule has 0 radical (unpaired) electrons. The first kappa shape index (κ1) is 10.7. The van der Waals surface area contributed by atoms with Crippen molar-refractivity contribution < 1.29 is 4.65 Å². The molecule has 0 amide bonds. The molecule has 0 atom stereocenters. The molecule has 10 heavy (non-hydrogen) atoms. The van der Waals surface area contributed by atoms with Gasteiger partial charge in [0.15, 0.2) is 0 Å². The maximum atomic E-state index is 5.08. The van der Waals surface area contributed by atoms with Gasteiger partial charge in [-0.1, -0.05) is 0 Å². The van der Waals surface area contributed by atoms with E-state index >= 15 is 0 Å². The molecule has 0 aromatic heterocycles. The molecule has 0 saturated heterocycles. The van der Waals surface area contributed by atoms with Gasteiger partial charge in [0, 0.05) is 0 Å². The van der Waals surface area contributed by atoms with Gasteiger partial charge in [-0.25, -0.2) is 0 Å². The van der Waals surface area contributed by atoms with Crippen molar-refractivity contribution in [1.82, 2.24) is 0 Å². The molecule has 0 bridgehead atoms. The summed E-state index contributed by atoms with van der Waals surface area (Å²) in [6.45, 7) is 5.06. The zero-order valence-electron chi connectivity index (χ0n) is 6.20. The van der Waals surface area contributed by atoms with E-state index in [1.165, 1.54) is 0 Å². The molecule has 58 valence electrons. The Labute approximate surface area is 73.7 Å². The second-order valence-electron chi connectivity index (χ2n) is 2.41. The molecule has 0 fully saturated rings. The standard InChI is InChI=1S/C5H11BOS3/c1-5(2)3-4-7-6-10(8)9/h5H,3-4H2,1-2H3. The zero-order chi connectivity index (χ0) is 7.98. The monoisotopic (exact) mass is 194 g/mol. The summed E-state index contributed by atoms with van der Waals surface area (Å²) in [5, 5.41) is 0. The Hall–Kier alpha value is 0.685. The van der Waals surface area contributed by atoms with Gasteiger partial charge in [0.25, 0.3) is 0 Å². The number of rotatable bonds is 4. The Morgan fingerprint density at radius 3 is 2.50 bits per heavy atom. The quantitative estimate of drug-likeness (QED) is 0.490. The van der Waals surface area contributed by atoms with Crippen LogP contribution in [-0.2, 0) is 34.5 Å². The van der Waals surface area contributed by atoms with Gasteiger partial charge < -0.3 is 0 Å². The Bertz CT molecular complexity index is 187. The van der Waals surface area contributed by atoms with Crippen LogP contribution < -0.4 is 0 Å². The van der Waals surface area contributed by atoms with Crippen LogP contribution in [0.1, 0.15) is 20.3 Å². The fourth-order valence-corrected chi connectivity index (χ4v) is 0.948. The molecule has 0 spiro atoms. The maximum absolute atomic E-state index is 5.08. The normalized spacial score (nSPS) is 9.50. The van der Waals surface area contributed by atoms with Crippen molar-refractivity contribution in [3.8, 4) is 0 Å². The van der Waals surface area contributed by atoms with Crippen molar-refractivity contribution in [2.45, 2.75) is 20.3 Å². The van der Waals surface area contributed by atoms with Crippen molar-refractivity contribution in [3.05, 3.63) is 0 Å². The summed E-state index contributed by atoms with van der Waals surface area (Å²) in [4.78, 5) is 0. The van der Waals surface area contributed by atoms with Crippen LogP contribution in [0.25, 0.3) is 0 Å². The third kappa shape index (κ3) is 8.68. The van der Waals surface area contributed by atoms with Crippen LogP contribution in [0.3, 0.4) is 0 Å². The van der Waals surface area contributed by atoms with Crippen LogP contribution in [0.4, 0.5) is 0 Å². The SMILES string of the molecule is CC(C)CCOB=S(=S)=S. The van der Waals surface area contributed by atoms with E-state index in [9.17, 15) is 0 Å². The van der Waals surface area contributed by atoms with E-state index in [0.29, 0.717) is 5.92 Å². The fraction of sp³-hybridized carbons (Fsp3) is 1.00. The number of hydrogen-bond acceptors (Lipinski definition) is 3. The molecule has 0 aromatic rings. The summed E-state index contributed by atoms with van der Waals surface area (Å²) >= 11 is 9.44. The predicted molar refractivity (Wildman–Crippen MR) is 53.3 cm³/mol. The first-order valence-corrected chi connectivity index (χ1v) is 6.29. The van der Waals surface area contributed by atoms with Crippen LogP contribution in [0, 0.1) is 5.92 Å². The van der Waals surface area contributed by atoms with E-state index in [4.69, 9.17) is 27.0 Å². The van der Waals surface area contributed by atoms with Crippen molar-refractivity contribution in [2.24, 2.45) is 5.92 Å². The molecule has 0 N–H and O–H groups in total. The van der Waals surface area contributed by atoms with Gasteiger partial charge in [-0.3, -0.25) is 0 Å². The average Bonchev–Trinajstić information content (AvgIpc) is 1.79. The van der Waals surface area contributed by atoms with Crippen LogP contribution in [0.15, 0.2) is 0 Å². The number of hydrogen-bond donors (Lipinski definition) is 0. The van der Waals surface area contributed by atoms with Crippen molar-refractivity contribution in [3.63, 3.8) is 0 Å². The molecule has 1 nitrogen and oxygen atoms in total. The molecular formula is C5H11BOS3. The molecule has 0 rings (SSSR count). The topological polar surface area (TPSA) is 9.23 Å². The van der Waals surface area contributed by atoms with E-state index in [0.717, 1.165) is 13.0 Å². The molecule has 5 heteroatoms. The molecule has 0 aliphatic heterocycles. The minimum atomic E-state index is -0.511. The zero-order valence-corrected chi connectivity index (χ0v) is 8.65. The third-order valence-electron chi connectivity index (χ3n) is 0.960. The van der Waals surface area contributed by atoms with Crippen LogP contribution in [0.5, 0.6) is 0 Å². The fourth-order valence-electron chi connectivity index (χ4n) is 0.407. The predicted octanol–water partition coefficient (Wildman–Crippen LogP) is 1.13. The summed E-state index contributed by atoms with van der Waals surface area (Å²) in [5.41, 5.74) is 0. The van der Waals surface area contributed by atoms with Gasteiger partial charge in [-0.05, 0) is 0 Å². The van der Waals surface area contributed by atoms with Gasteiger partial charge in [-0.15, -0.1) is 0 Å².